The molecule has 1 fully saturated rings. The van der Waals surface area contributed by atoms with Crippen molar-refractivity contribution in [3.63, 3.8) is 0 Å². The normalized spacial score (nSPS) is 17.4. The van der Waals surface area contributed by atoms with Crippen LogP contribution in [-0.2, 0) is 19.5 Å². The Kier molecular flexibility index (Phi) is 4.22. The summed E-state index contributed by atoms with van der Waals surface area (Å²) in [6, 6.07) is 0. The molecule has 0 atom stereocenters. The van der Waals surface area contributed by atoms with E-state index < -0.39 is 0 Å². The molecule has 1 aromatic rings. The van der Waals surface area contributed by atoms with E-state index in [9.17, 15) is 0 Å². The third-order valence-electron chi connectivity index (χ3n) is 3.36. The second-order valence-electron chi connectivity index (χ2n) is 4.62. The van der Waals surface area contributed by atoms with Crippen molar-refractivity contribution in [3.05, 3.63) is 15.9 Å². The first-order valence-electron chi connectivity index (χ1n) is 6.26. The highest BCUT2D eigenvalue weighted by molar-refractivity contribution is 9.10. The van der Waals surface area contributed by atoms with Gasteiger partial charge in [-0.25, -0.2) is 0 Å². The van der Waals surface area contributed by atoms with Crippen LogP contribution in [0.25, 0.3) is 0 Å². The largest absolute Gasteiger partial charge is 0.396 e. The molecule has 17 heavy (non-hydrogen) atoms. The Hall–Kier alpha value is -0.390. The van der Waals surface area contributed by atoms with Crippen LogP contribution in [0.4, 0.5) is 0 Å². The van der Waals surface area contributed by atoms with Gasteiger partial charge in [-0.05, 0) is 29.3 Å². The predicted molar refractivity (Wildman–Crippen MR) is 70.8 cm³/mol. The Morgan fingerprint density at radius 1 is 1.41 bits per heavy atom. The highest BCUT2D eigenvalue weighted by Crippen LogP contribution is 2.26. The van der Waals surface area contributed by atoms with E-state index >= 15 is 0 Å². The molecule has 0 saturated carbocycles. The maximum absolute atomic E-state index is 9.01. The van der Waals surface area contributed by atoms with Crippen molar-refractivity contribution in [2.45, 2.75) is 33.4 Å². The van der Waals surface area contributed by atoms with Crippen molar-refractivity contribution in [3.8, 4) is 0 Å². The van der Waals surface area contributed by atoms with Crippen molar-refractivity contribution in [2.75, 3.05) is 19.7 Å². The van der Waals surface area contributed by atoms with Crippen LogP contribution in [0, 0.1) is 5.92 Å². The average Bonchev–Trinajstić information content (AvgIpc) is 2.59. The summed E-state index contributed by atoms with van der Waals surface area (Å²) in [5, 5.41) is 13.6. The van der Waals surface area contributed by atoms with Crippen LogP contribution < -0.4 is 0 Å². The van der Waals surface area contributed by atoms with E-state index in [1.54, 1.807) is 0 Å². The second-order valence-corrected chi connectivity index (χ2v) is 5.41. The van der Waals surface area contributed by atoms with Crippen LogP contribution in [0.5, 0.6) is 0 Å². The number of aliphatic hydroxyl groups is 1. The number of aliphatic hydroxyl groups excluding tert-OH is 1. The number of likely N-dealkylation sites (tertiary alicyclic amines) is 1. The summed E-state index contributed by atoms with van der Waals surface area (Å²) in [4.78, 5) is 2.36. The van der Waals surface area contributed by atoms with Crippen LogP contribution in [0.3, 0.4) is 0 Å². The van der Waals surface area contributed by atoms with Gasteiger partial charge in [-0.2, -0.15) is 5.10 Å². The molecule has 4 nitrogen and oxygen atoms in total. The molecule has 96 valence electrons. The van der Waals surface area contributed by atoms with E-state index in [0.29, 0.717) is 12.5 Å². The molecule has 1 N–H and O–H groups in total. The van der Waals surface area contributed by atoms with Crippen LogP contribution in [0.2, 0.25) is 0 Å². The number of aromatic nitrogens is 2. The standard InChI is InChI=1S/C12H20BrN3O/c1-3-10-12(13)11(16(4-2)14-10)7-15-5-9(6-15)8-17/h9,17H,3-8H2,1-2H3. The number of aryl methyl sites for hydroxylation is 2. The minimum Gasteiger partial charge on any atom is -0.396 e. The van der Waals surface area contributed by atoms with Gasteiger partial charge in [0.2, 0.25) is 0 Å². The SMILES string of the molecule is CCc1nn(CC)c(CN2CC(CO)C2)c1Br. The minimum absolute atomic E-state index is 0.310. The zero-order valence-corrected chi connectivity index (χ0v) is 12.1. The quantitative estimate of drug-likeness (QED) is 0.899. The highest BCUT2D eigenvalue weighted by atomic mass is 79.9. The van der Waals surface area contributed by atoms with Gasteiger partial charge in [0.25, 0.3) is 0 Å². The van der Waals surface area contributed by atoms with Crippen molar-refractivity contribution in [1.82, 2.24) is 14.7 Å². The number of nitrogens with zero attached hydrogens (tertiary/aromatic N) is 3. The van der Waals surface area contributed by atoms with Crippen LogP contribution in [0.15, 0.2) is 4.47 Å². The summed E-state index contributed by atoms with van der Waals surface area (Å²) >= 11 is 3.66. The Labute approximate surface area is 111 Å². The van der Waals surface area contributed by atoms with Gasteiger partial charge >= 0.3 is 0 Å². The molecule has 2 rings (SSSR count). The van der Waals surface area contributed by atoms with Gasteiger partial charge in [0.05, 0.1) is 15.9 Å². The summed E-state index contributed by atoms with van der Waals surface area (Å²) < 4.78 is 3.24. The molecule has 0 aliphatic carbocycles. The molecular weight excluding hydrogens is 282 g/mol. The number of hydrogen-bond donors (Lipinski definition) is 1. The summed E-state index contributed by atoms with van der Waals surface area (Å²) in [5.74, 6) is 0.470. The van der Waals surface area contributed by atoms with Gasteiger partial charge in [-0.15, -0.1) is 0 Å². The number of halogens is 1. The summed E-state index contributed by atoms with van der Waals surface area (Å²) in [6.45, 7) is 8.39. The van der Waals surface area contributed by atoms with Crippen LogP contribution >= 0.6 is 15.9 Å². The summed E-state index contributed by atoms with van der Waals surface area (Å²) in [5.41, 5.74) is 2.40. The molecule has 1 aliphatic heterocycles. The zero-order valence-electron chi connectivity index (χ0n) is 10.5. The first kappa shape index (κ1) is 13.1. The lowest BCUT2D eigenvalue weighted by atomic mass is 10.0. The van der Waals surface area contributed by atoms with Crippen LogP contribution in [0.1, 0.15) is 25.2 Å². The molecule has 1 saturated heterocycles. The molecule has 1 aromatic heterocycles. The minimum atomic E-state index is 0.310. The fourth-order valence-electron chi connectivity index (χ4n) is 2.30. The highest BCUT2D eigenvalue weighted by Gasteiger charge is 2.27. The van der Waals surface area contributed by atoms with E-state index in [-0.39, 0.29) is 0 Å². The van der Waals surface area contributed by atoms with E-state index in [1.807, 2.05) is 0 Å². The second kappa shape index (κ2) is 5.50. The molecule has 0 aromatic carbocycles. The Balaban J connectivity index is 2.07. The number of hydrogen-bond acceptors (Lipinski definition) is 3. The predicted octanol–water partition coefficient (Wildman–Crippen LogP) is 1.65. The van der Waals surface area contributed by atoms with E-state index in [1.165, 1.54) is 5.69 Å². The van der Waals surface area contributed by atoms with Gasteiger partial charge in [-0.1, -0.05) is 6.92 Å². The molecule has 5 heteroatoms. The molecular formula is C12H20BrN3O. The smallest absolute Gasteiger partial charge is 0.0767 e. The first-order chi connectivity index (χ1) is 8.19. The van der Waals surface area contributed by atoms with Gasteiger partial charge in [0.15, 0.2) is 0 Å². The van der Waals surface area contributed by atoms with Crippen molar-refractivity contribution >= 4 is 15.9 Å². The fraction of sp³-hybridized carbons (Fsp3) is 0.750. The maximum atomic E-state index is 9.01. The zero-order chi connectivity index (χ0) is 12.4. The summed E-state index contributed by atoms with van der Waals surface area (Å²) in [6.07, 6.45) is 0.958. The fourth-order valence-corrected chi connectivity index (χ4v) is 2.99. The van der Waals surface area contributed by atoms with Crippen LogP contribution in [-0.4, -0.2) is 39.5 Å². The molecule has 1 aliphatic rings. The molecule has 0 unspecified atom stereocenters. The van der Waals surface area contributed by atoms with Crippen molar-refractivity contribution in [1.29, 1.82) is 0 Å². The Bertz CT molecular complexity index is 385. The Morgan fingerprint density at radius 3 is 2.65 bits per heavy atom. The van der Waals surface area contributed by atoms with E-state index in [4.69, 9.17) is 5.11 Å². The average molecular weight is 302 g/mol. The molecule has 0 radical (unpaired) electrons. The van der Waals surface area contributed by atoms with Crippen molar-refractivity contribution in [2.24, 2.45) is 5.92 Å². The van der Waals surface area contributed by atoms with E-state index in [2.05, 4.69) is 44.5 Å². The third-order valence-corrected chi connectivity index (χ3v) is 4.27. The first-order valence-corrected chi connectivity index (χ1v) is 7.06. The third kappa shape index (κ3) is 2.56. The Morgan fingerprint density at radius 2 is 2.12 bits per heavy atom. The monoisotopic (exact) mass is 301 g/mol. The number of rotatable bonds is 5. The lowest BCUT2D eigenvalue weighted by Crippen LogP contribution is -2.47. The topological polar surface area (TPSA) is 41.3 Å². The van der Waals surface area contributed by atoms with Gasteiger partial charge < -0.3 is 5.11 Å². The van der Waals surface area contributed by atoms with E-state index in [0.717, 1.165) is 42.8 Å². The molecule has 0 spiro atoms. The molecule has 0 amide bonds. The molecule has 2 heterocycles. The van der Waals surface area contributed by atoms with Gasteiger partial charge in [0, 0.05) is 38.7 Å². The van der Waals surface area contributed by atoms with Gasteiger partial charge in [0.1, 0.15) is 0 Å². The lowest BCUT2D eigenvalue weighted by Gasteiger charge is -2.38. The van der Waals surface area contributed by atoms with Gasteiger partial charge in [-0.3, -0.25) is 9.58 Å². The molecule has 0 bridgehead atoms. The lowest BCUT2D eigenvalue weighted by molar-refractivity contribution is 0.0458. The maximum Gasteiger partial charge on any atom is 0.0767 e. The van der Waals surface area contributed by atoms with Crippen molar-refractivity contribution < 1.29 is 5.11 Å². The summed E-state index contributed by atoms with van der Waals surface area (Å²) in [7, 11) is 0.